The van der Waals surface area contributed by atoms with E-state index in [0.717, 1.165) is 15.7 Å². The van der Waals surface area contributed by atoms with Gasteiger partial charge in [0.2, 0.25) is 5.91 Å². The molecule has 5 nitrogen and oxygen atoms in total. The van der Waals surface area contributed by atoms with Gasteiger partial charge in [0.15, 0.2) is 6.10 Å². The zero-order chi connectivity index (χ0) is 20.8. The first kappa shape index (κ1) is 19.3. The molecule has 0 saturated carbocycles. The molecular weight excluding hydrogens is 468 g/mol. The van der Waals surface area contributed by atoms with Crippen LogP contribution in [0.15, 0.2) is 83.3 Å². The van der Waals surface area contributed by atoms with Gasteiger partial charge < -0.3 is 0 Å². The molecule has 2 saturated heterocycles. The second-order valence-electron chi connectivity index (χ2n) is 7.20. The highest BCUT2D eigenvalue weighted by Gasteiger charge is 2.60. The number of anilines is 2. The largest absolute Gasteiger partial charge is 0.273 e. The highest BCUT2D eigenvalue weighted by atomic mass is 79.9. The Labute approximate surface area is 186 Å². The summed E-state index contributed by atoms with van der Waals surface area (Å²) in [6.45, 7) is 0. The van der Waals surface area contributed by atoms with Gasteiger partial charge in [-0.25, -0.2) is 9.96 Å². The zero-order valence-electron chi connectivity index (χ0n) is 15.6. The van der Waals surface area contributed by atoms with Crippen LogP contribution < -0.4 is 9.96 Å². The van der Waals surface area contributed by atoms with Gasteiger partial charge in [0.05, 0.1) is 17.4 Å². The molecule has 2 aliphatic rings. The van der Waals surface area contributed by atoms with Gasteiger partial charge in [0.1, 0.15) is 5.92 Å². The average Bonchev–Trinajstić information content (AvgIpc) is 3.27. The molecule has 0 N–H and O–H groups in total. The minimum absolute atomic E-state index is 0.279. The lowest BCUT2D eigenvalue weighted by atomic mass is 9.90. The van der Waals surface area contributed by atoms with Gasteiger partial charge in [0.25, 0.3) is 5.91 Å². The third-order valence-corrected chi connectivity index (χ3v) is 6.20. The van der Waals surface area contributed by atoms with Crippen molar-refractivity contribution in [1.82, 2.24) is 0 Å². The minimum atomic E-state index is -0.887. The van der Waals surface area contributed by atoms with E-state index in [1.54, 1.807) is 29.3 Å². The first-order valence-corrected chi connectivity index (χ1v) is 10.6. The standard InChI is InChI=1S/C23H16BrClN2O3/c24-15-8-6-14(7-9-15)20-19-21(30-27(20)18-4-2-1-3-5-18)23(29)26(22(19)28)17-12-10-16(25)11-13-17/h1-13,19-21H/t19-,20+,21-/m1/s1. The van der Waals surface area contributed by atoms with Crippen molar-refractivity contribution in [1.29, 1.82) is 0 Å². The van der Waals surface area contributed by atoms with E-state index in [2.05, 4.69) is 15.9 Å². The van der Waals surface area contributed by atoms with Crippen LogP contribution in [-0.4, -0.2) is 17.9 Å². The Morgan fingerprint density at radius 2 is 1.47 bits per heavy atom. The Morgan fingerprint density at radius 3 is 2.13 bits per heavy atom. The van der Waals surface area contributed by atoms with Crippen LogP contribution in [-0.2, 0) is 14.4 Å². The maximum atomic E-state index is 13.5. The quantitative estimate of drug-likeness (QED) is 0.483. The number of carbonyl (C=O) groups is 2. The molecule has 2 fully saturated rings. The Balaban J connectivity index is 1.58. The molecular formula is C23H16BrClN2O3. The van der Waals surface area contributed by atoms with E-state index < -0.39 is 18.1 Å². The number of hydroxylamine groups is 1. The predicted molar refractivity (Wildman–Crippen MR) is 118 cm³/mol. The van der Waals surface area contributed by atoms with Crippen LogP contribution in [0.1, 0.15) is 11.6 Å². The molecule has 2 heterocycles. The Kier molecular flexibility index (Phi) is 4.85. The van der Waals surface area contributed by atoms with Gasteiger partial charge in [0, 0.05) is 9.50 Å². The summed E-state index contributed by atoms with van der Waals surface area (Å²) < 4.78 is 0.935. The minimum Gasteiger partial charge on any atom is -0.273 e. The molecule has 5 rings (SSSR count). The van der Waals surface area contributed by atoms with Crippen molar-refractivity contribution in [3.63, 3.8) is 0 Å². The Hall–Kier alpha value is -2.67. The molecule has 30 heavy (non-hydrogen) atoms. The third-order valence-electron chi connectivity index (χ3n) is 5.42. The fraction of sp³-hybridized carbons (Fsp3) is 0.130. The van der Waals surface area contributed by atoms with Crippen LogP contribution >= 0.6 is 27.5 Å². The number of amides is 2. The van der Waals surface area contributed by atoms with Gasteiger partial charge in [-0.3, -0.25) is 14.4 Å². The topological polar surface area (TPSA) is 49.9 Å². The van der Waals surface area contributed by atoms with Crippen LogP contribution in [0.3, 0.4) is 0 Å². The average molecular weight is 484 g/mol. The summed E-state index contributed by atoms with van der Waals surface area (Å²) in [7, 11) is 0. The van der Waals surface area contributed by atoms with Crippen molar-refractivity contribution < 1.29 is 14.4 Å². The molecule has 0 bridgehead atoms. The summed E-state index contributed by atoms with van der Waals surface area (Å²) in [5, 5.41) is 2.23. The summed E-state index contributed by atoms with van der Waals surface area (Å²) in [6, 6.07) is 23.5. The summed E-state index contributed by atoms with van der Waals surface area (Å²) in [6.07, 6.45) is -0.887. The Bertz CT molecular complexity index is 1110. The van der Waals surface area contributed by atoms with Gasteiger partial charge >= 0.3 is 0 Å². The second-order valence-corrected chi connectivity index (χ2v) is 8.55. The van der Waals surface area contributed by atoms with Crippen molar-refractivity contribution in [3.05, 3.63) is 93.9 Å². The molecule has 7 heteroatoms. The van der Waals surface area contributed by atoms with Gasteiger partial charge in [-0.05, 0) is 54.1 Å². The number of imide groups is 1. The molecule has 0 aliphatic carbocycles. The fourth-order valence-electron chi connectivity index (χ4n) is 4.06. The summed E-state index contributed by atoms with van der Waals surface area (Å²) in [5.41, 5.74) is 2.18. The van der Waals surface area contributed by atoms with E-state index in [1.165, 1.54) is 4.90 Å². The van der Waals surface area contributed by atoms with Crippen molar-refractivity contribution in [2.24, 2.45) is 5.92 Å². The van der Waals surface area contributed by atoms with E-state index in [9.17, 15) is 9.59 Å². The maximum absolute atomic E-state index is 13.5. The molecule has 3 atom stereocenters. The lowest BCUT2D eigenvalue weighted by Gasteiger charge is -2.28. The van der Waals surface area contributed by atoms with Crippen LogP contribution in [0.4, 0.5) is 11.4 Å². The number of rotatable bonds is 3. The smallest absolute Gasteiger partial charge is 0.266 e. The summed E-state index contributed by atoms with van der Waals surface area (Å²) in [5.74, 6) is -1.30. The second kappa shape index (κ2) is 7.54. The number of nitrogens with zero attached hydrogens (tertiary/aromatic N) is 2. The Morgan fingerprint density at radius 1 is 0.800 bits per heavy atom. The number of halogens is 2. The zero-order valence-corrected chi connectivity index (χ0v) is 18.0. The maximum Gasteiger partial charge on any atom is 0.266 e. The predicted octanol–water partition coefficient (Wildman–Crippen LogP) is 5.15. The molecule has 0 aromatic heterocycles. The molecule has 0 radical (unpaired) electrons. The van der Waals surface area contributed by atoms with E-state index in [1.807, 2.05) is 54.6 Å². The van der Waals surface area contributed by atoms with Crippen molar-refractivity contribution in [2.75, 3.05) is 9.96 Å². The molecule has 0 spiro atoms. The molecule has 2 amide bonds. The van der Waals surface area contributed by atoms with Crippen LogP contribution in [0.2, 0.25) is 5.02 Å². The first-order valence-electron chi connectivity index (χ1n) is 9.44. The van der Waals surface area contributed by atoms with E-state index >= 15 is 0 Å². The lowest BCUT2D eigenvalue weighted by molar-refractivity contribution is -0.126. The molecule has 150 valence electrons. The molecule has 0 unspecified atom stereocenters. The van der Waals surface area contributed by atoms with Gasteiger partial charge in [-0.15, -0.1) is 0 Å². The highest BCUT2D eigenvalue weighted by molar-refractivity contribution is 9.10. The molecule has 3 aromatic rings. The summed E-state index contributed by atoms with van der Waals surface area (Å²) in [4.78, 5) is 34.0. The van der Waals surface area contributed by atoms with E-state index in [0.29, 0.717) is 10.7 Å². The highest BCUT2D eigenvalue weighted by Crippen LogP contribution is 2.47. The van der Waals surface area contributed by atoms with Crippen molar-refractivity contribution in [3.8, 4) is 0 Å². The number of fused-ring (bicyclic) bond motifs is 1. The monoisotopic (exact) mass is 482 g/mol. The van der Waals surface area contributed by atoms with Crippen LogP contribution in [0, 0.1) is 5.92 Å². The normalized spacial score (nSPS) is 23.2. The van der Waals surface area contributed by atoms with Crippen molar-refractivity contribution >= 4 is 50.7 Å². The number of hydrogen-bond acceptors (Lipinski definition) is 4. The number of para-hydroxylation sites is 1. The summed E-state index contributed by atoms with van der Waals surface area (Å²) >= 11 is 9.42. The van der Waals surface area contributed by atoms with E-state index in [4.69, 9.17) is 16.4 Å². The van der Waals surface area contributed by atoms with Crippen LogP contribution in [0.5, 0.6) is 0 Å². The fourth-order valence-corrected chi connectivity index (χ4v) is 4.45. The number of benzene rings is 3. The molecule has 3 aromatic carbocycles. The van der Waals surface area contributed by atoms with Crippen molar-refractivity contribution in [2.45, 2.75) is 12.1 Å². The van der Waals surface area contributed by atoms with E-state index in [-0.39, 0.29) is 11.8 Å². The lowest BCUT2D eigenvalue weighted by Crippen LogP contribution is -2.37. The van der Waals surface area contributed by atoms with Crippen LogP contribution in [0.25, 0.3) is 0 Å². The van der Waals surface area contributed by atoms with Gasteiger partial charge in [-0.2, -0.15) is 0 Å². The van der Waals surface area contributed by atoms with Gasteiger partial charge in [-0.1, -0.05) is 57.9 Å². The number of hydrogen-bond donors (Lipinski definition) is 0. The third kappa shape index (κ3) is 3.12. The SMILES string of the molecule is O=C1[C@H]2[C@@H](ON(c3ccccc3)[C@H]2c2ccc(Br)cc2)C(=O)N1c1ccc(Cl)cc1. The molecule has 2 aliphatic heterocycles. The number of carbonyl (C=O) groups excluding carboxylic acids is 2. The first-order chi connectivity index (χ1) is 14.5.